The van der Waals surface area contributed by atoms with Crippen LogP contribution < -0.4 is 20.7 Å². The Morgan fingerprint density at radius 1 is 0.970 bits per heavy atom. The van der Waals surface area contributed by atoms with Crippen molar-refractivity contribution in [3.05, 3.63) is 95.6 Å². The van der Waals surface area contributed by atoms with E-state index in [9.17, 15) is 9.59 Å². The van der Waals surface area contributed by atoms with E-state index in [1.54, 1.807) is 25.3 Å². The number of ether oxygens (including phenoxy) is 1. The number of amides is 2. The topological polar surface area (TPSA) is 103 Å². The SMILES string of the molecule is COc1ccc(NCCNC(=O)[C@H](Cc2ccccc2)NC(=O)c2cccc(C#N)c2)cc1. The van der Waals surface area contributed by atoms with Gasteiger partial charge < -0.3 is 20.7 Å². The Hall–Kier alpha value is -4.31. The first-order valence-electron chi connectivity index (χ1n) is 10.6. The van der Waals surface area contributed by atoms with Crippen LogP contribution in [0, 0.1) is 11.3 Å². The first-order chi connectivity index (χ1) is 16.1. The minimum Gasteiger partial charge on any atom is -0.497 e. The van der Waals surface area contributed by atoms with Crippen molar-refractivity contribution in [2.45, 2.75) is 12.5 Å². The van der Waals surface area contributed by atoms with Gasteiger partial charge in [0.05, 0.1) is 18.7 Å². The van der Waals surface area contributed by atoms with Gasteiger partial charge >= 0.3 is 0 Å². The third-order valence-corrected chi connectivity index (χ3v) is 5.00. The molecule has 0 fully saturated rings. The molecule has 3 rings (SSSR count). The molecular weight excluding hydrogens is 416 g/mol. The summed E-state index contributed by atoms with van der Waals surface area (Å²) in [6.07, 6.45) is 0.349. The lowest BCUT2D eigenvalue weighted by Crippen LogP contribution is -2.48. The number of anilines is 1. The van der Waals surface area contributed by atoms with Crippen molar-refractivity contribution in [1.82, 2.24) is 10.6 Å². The Labute approximate surface area is 193 Å². The Morgan fingerprint density at radius 3 is 2.42 bits per heavy atom. The number of nitrogens with zero attached hydrogens (tertiary/aromatic N) is 1. The average molecular weight is 443 g/mol. The molecular formula is C26H26N4O3. The fourth-order valence-corrected chi connectivity index (χ4v) is 3.26. The van der Waals surface area contributed by atoms with Crippen molar-refractivity contribution in [3.8, 4) is 11.8 Å². The van der Waals surface area contributed by atoms with Gasteiger partial charge in [-0.25, -0.2) is 0 Å². The highest BCUT2D eigenvalue weighted by Gasteiger charge is 2.22. The van der Waals surface area contributed by atoms with Crippen LogP contribution in [0.4, 0.5) is 5.69 Å². The highest BCUT2D eigenvalue weighted by molar-refractivity contribution is 5.97. The number of nitrogens with one attached hydrogen (secondary N) is 3. The van der Waals surface area contributed by atoms with Crippen LogP contribution in [-0.2, 0) is 11.2 Å². The van der Waals surface area contributed by atoms with Crippen LogP contribution >= 0.6 is 0 Å². The second-order valence-electron chi connectivity index (χ2n) is 7.35. The molecule has 0 unspecified atom stereocenters. The summed E-state index contributed by atoms with van der Waals surface area (Å²) in [5.41, 5.74) is 2.56. The molecule has 0 radical (unpaired) electrons. The standard InChI is InChI=1S/C26H26N4O3/c1-33-23-12-10-22(11-13-23)28-14-15-29-26(32)24(17-19-6-3-2-4-7-19)30-25(31)21-9-5-8-20(16-21)18-27/h2-13,16,24,28H,14-15,17H2,1H3,(H,29,32)(H,30,31)/t24-/m0/s1. The molecule has 168 valence electrons. The summed E-state index contributed by atoms with van der Waals surface area (Å²) < 4.78 is 5.14. The monoisotopic (exact) mass is 442 g/mol. The van der Waals surface area contributed by atoms with Crippen LogP contribution in [-0.4, -0.2) is 38.1 Å². The molecule has 0 saturated heterocycles. The molecule has 33 heavy (non-hydrogen) atoms. The summed E-state index contributed by atoms with van der Waals surface area (Å²) in [5.74, 6) is 0.0911. The Morgan fingerprint density at radius 2 is 1.73 bits per heavy atom. The molecule has 0 saturated carbocycles. The molecule has 3 aromatic rings. The second-order valence-corrected chi connectivity index (χ2v) is 7.35. The van der Waals surface area contributed by atoms with Gasteiger partial charge in [0.25, 0.3) is 5.91 Å². The van der Waals surface area contributed by atoms with Gasteiger partial charge in [-0.15, -0.1) is 0 Å². The van der Waals surface area contributed by atoms with Gasteiger partial charge in [-0.05, 0) is 48.0 Å². The number of methoxy groups -OCH3 is 1. The van der Waals surface area contributed by atoms with E-state index in [0.29, 0.717) is 30.6 Å². The van der Waals surface area contributed by atoms with Gasteiger partial charge in [-0.1, -0.05) is 36.4 Å². The summed E-state index contributed by atoms with van der Waals surface area (Å²) in [6.45, 7) is 0.907. The van der Waals surface area contributed by atoms with E-state index in [4.69, 9.17) is 10.00 Å². The van der Waals surface area contributed by atoms with Gasteiger partial charge in [0, 0.05) is 30.8 Å². The molecule has 3 N–H and O–H groups in total. The Kier molecular flexibility index (Phi) is 8.43. The van der Waals surface area contributed by atoms with Gasteiger partial charge in [0.15, 0.2) is 0 Å². The van der Waals surface area contributed by atoms with E-state index in [1.807, 2.05) is 60.7 Å². The zero-order valence-electron chi connectivity index (χ0n) is 18.4. The zero-order valence-corrected chi connectivity index (χ0v) is 18.4. The maximum absolute atomic E-state index is 12.9. The minimum absolute atomic E-state index is 0.278. The fourth-order valence-electron chi connectivity index (χ4n) is 3.26. The molecule has 0 heterocycles. The number of carbonyl (C=O) groups excluding carboxylic acids is 2. The molecule has 1 atom stereocenters. The van der Waals surface area contributed by atoms with E-state index in [-0.39, 0.29) is 5.91 Å². The van der Waals surface area contributed by atoms with Gasteiger partial charge in [0.2, 0.25) is 5.91 Å². The number of carbonyl (C=O) groups is 2. The molecule has 0 aromatic heterocycles. The maximum Gasteiger partial charge on any atom is 0.251 e. The van der Waals surface area contributed by atoms with Crippen LogP contribution in [0.1, 0.15) is 21.5 Å². The zero-order chi connectivity index (χ0) is 23.5. The molecule has 0 aliphatic heterocycles. The van der Waals surface area contributed by atoms with Crippen molar-refractivity contribution in [2.75, 3.05) is 25.5 Å². The van der Waals surface area contributed by atoms with E-state index in [1.165, 1.54) is 6.07 Å². The lowest BCUT2D eigenvalue weighted by molar-refractivity contribution is -0.122. The van der Waals surface area contributed by atoms with Crippen LogP contribution in [0.2, 0.25) is 0 Å². The summed E-state index contributed by atoms with van der Waals surface area (Å²) in [5, 5.41) is 18.0. The van der Waals surface area contributed by atoms with Crippen molar-refractivity contribution in [2.24, 2.45) is 0 Å². The van der Waals surface area contributed by atoms with E-state index in [2.05, 4.69) is 16.0 Å². The van der Waals surface area contributed by atoms with Gasteiger partial charge in [-0.2, -0.15) is 5.26 Å². The molecule has 2 amide bonds. The van der Waals surface area contributed by atoms with Crippen LogP contribution in [0.15, 0.2) is 78.9 Å². The molecule has 0 bridgehead atoms. The molecule has 7 heteroatoms. The number of nitriles is 1. The predicted octanol–water partition coefficient (Wildman–Crippen LogP) is 3.14. The largest absolute Gasteiger partial charge is 0.497 e. The lowest BCUT2D eigenvalue weighted by atomic mass is 10.0. The summed E-state index contributed by atoms with van der Waals surface area (Å²) in [7, 11) is 1.61. The lowest BCUT2D eigenvalue weighted by Gasteiger charge is -2.19. The summed E-state index contributed by atoms with van der Waals surface area (Å²) >= 11 is 0. The molecule has 7 nitrogen and oxygen atoms in total. The third-order valence-electron chi connectivity index (χ3n) is 5.00. The van der Waals surface area contributed by atoms with Crippen LogP contribution in [0.5, 0.6) is 5.75 Å². The first kappa shape index (κ1) is 23.4. The Bertz CT molecular complexity index is 1110. The van der Waals surface area contributed by atoms with Crippen molar-refractivity contribution in [1.29, 1.82) is 5.26 Å². The molecule has 3 aromatic carbocycles. The fraction of sp³-hybridized carbons (Fsp3) is 0.192. The Balaban J connectivity index is 1.60. The smallest absolute Gasteiger partial charge is 0.251 e. The number of hydrogen-bond donors (Lipinski definition) is 3. The van der Waals surface area contributed by atoms with E-state index in [0.717, 1.165) is 17.0 Å². The quantitative estimate of drug-likeness (QED) is 0.419. The number of benzene rings is 3. The normalized spacial score (nSPS) is 11.0. The van der Waals surface area contributed by atoms with Crippen molar-refractivity contribution in [3.63, 3.8) is 0 Å². The van der Waals surface area contributed by atoms with Crippen molar-refractivity contribution >= 4 is 17.5 Å². The first-order valence-corrected chi connectivity index (χ1v) is 10.6. The summed E-state index contributed by atoms with van der Waals surface area (Å²) in [4.78, 5) is 25.7. The second kappa shape index (κ2) is 11.9. The summed E-state index contributed by atoms with van der Waals surface area (Å²) in [6, 6.07) is 24.7. The van der Waals surface area contributed by atoms with Crippen LogP contribution in [0.3, 0.4) is 0 Å². The third kappa shape index (κ3) is 7.11. The van der Waals surface area contributed by atoms with E-state index < -0.39 is 11.9 Å². The number of rotatable bonds is 10. The van der Waals surface area contributed by atoms with Crippen molar-refractivity contribution < 1.29 is 14.3 Å². The predicted molar refractivity (Wildman–Crippen MR) is 127 cm³/mol. The van der Waals surface area contributed by atoms with Gasteiger partial charge in [-0.3, -0.25) is 9.59 Å². The average Bonchev–Trinajstić information content (AvgIpc) is 2.87. The molecule has 0 spiro atoms. The number of hydrogen-bond acceptors (Lipinski definition) is 5. The van der Waals surface area contributed by atoms with E-state index >= 15 is 0 Å². The van der Waals surface area contributed by atoms with Gasteiger partial charge in [0.1, 0.15) is 11.8 Å². The minimum atomic E-state index is -0.758. The highest BCUT2D eigenvalue weighted by atomic mass is 16.5. The highest BCUT2D eigenvalue weighted by Crippen LogP contribution is 2.14. The maximum atomic E-state index is 12.9. The molecule has 0 aliphatic rings. The van der Waals surface area contributed by atoms with Crippen LogP contribution in [0.25, 0.3) is 0 Å². The molecule has 0 aliphatic carbocycles.